The minimum Gasteiger partial charge on any atom is -0.440 e. The predicted molar refractivity (Wildman–Crippen MR) is 63.7 cm³/mol. The Labute approximate surface area is 102 Å². The van der Waals surface area contributed by atoms with Crippen LogP contribution in [-0.2, 0) is 0 Å². The maximum atomic E-state index is 11.4. The molecule has 0 spiro atoms. The van der Waals surface area contributed by atoms with Crippen molar-refractivity contribution in [2.24, 2.45) is 0 Å². The zero-order valence-corrected chi connectivity index (χ0v) is 10.8. The lowest BCUT2D eigenvalue weighted by Gasteiger charge is -2.04. The van der Waals surface area contributed by atoms with E-state index in [9.17, 15) is 4.79 Å². The summed E-state index contributed by atoms with van der Waals surface area (Å²) in [6.07, 6.45) is 1.96. The zero-order chi connectivity index (χ0) is 11.3. The van der Waals surface area contributed by atoms with Crippen LogP contribution in [0.3, 0.4) is 0 Å². The van der Waals surface area contributed by atoms with Gasteiger partial charge >= 0.3 is 0 Å². The first-order valence-corrected chi connectivity index (χ1v) is 6.06. The highest BCUT2D eigenvalue weighted by Crippen LogP contribution is 2.12. The van der Waals surface area contributed by atoms with E-state index in [0.29, 0.717) is 11.4 Å². The van der Waals surface area contributed by atoms with E-state index in [4.69, 9.17) is 16.0 Å². The molecule has 1 amide bonds. The summed E-state index contributed by atoms with van der Waals surface area (Å²) < 4.78 is 4.97. The van der Waals surface area contributed by atoms with Crippen LogP contribution in [0.5, 0.6) is 0 Å². The molecule has 5 heteroatoms. The molecule has 84 valence electrons. The summed E-state index contributed by atoms with van der Waals surface area (Å²) in [6.45, 7) is 2.72. The summed E-state index contributed by atoms with van der Waals surface area (Å²) >= 11 is 9.00. The van der Waals surface area contributed by atoms with Crippen molar-refractivity contribution in [2.45, 2.75) is 24.6 Å². The Bertz CT molecular complexity index is 325. The molecule has 0 radical (unpaired) electrons. The van der Waals surface area contributed by atoms with Crippen LogP contribution in [0.4, 0.5) is 0 Å². The first-order valence-electron chi connectivity index (χ1n) is 4.77. The highest BCUT2D eigenvalue weighted by atomic mass is 79.9. The van der Waals surface area contributed by atoms with E-state index in [2.05, 4.69) is 28.2 Å². The Morgan fingerprint density at radius 1 is 1.67 bits per heavy atom. The smallest absolute Gasteiger partial charge is 0.287 e. The number of nitrogens with one attached hydrogen (secondary N) is 1. The van der Waals surface area contributed by atoms with Crippen LogP contribution < -0.4 is 5.32 Å². The summed E-state index contributed by atoms with van der Waals surface area (Å²) in [6, 6.07) is 3.11. The summed E-state index contributed by atoms with van der Waals surface area (Å²) in [5, 5.41) is 2.99. The Kier molecular flexibility index (Phi) is 5.19. The van der Waals surface area contributed by atoms with Gasteiger partial charge in [0.25, 0.3) is 5.91 Å². The van der Waals surface area contributed by atoms with Crippen LogP contribution in [0.25, 0.3) is 0 Å². The Balaban J connectivity index is 2.25. The molecule has 15 heavy (non-hydrogen) atoms. The van der Waals surface area contributed by atoms with Crippen molar-refractivity contribution in [3.8, 4) is 0 Å². The number of hydrogen-bond donors (Lipinski definition) is 1. The van der Waals surface area contributed by atoms with Crippen LogP contribution in [0, 0.1) is 0 Å². The van der Waals surface area contributed by atoms with Gasteiger partial charge in [-0.15, -0.1) is 0 Å². The fraction of sp³-hybridized carbons (Fsp3) is 0.500. The molecule has 1 N–H and O–H groups in total. The molecule has 1 atom stereocenters. The molecule has 0 aromatic carbocycles. The highest BCUT2D eigenvalue weighted by Gasteiger charge is 2.09. The van der Waals surface area contributed by atoms with Gasteiger partial charge in [0.05, 0.1) is 0 Å². The molecule has 0 bridgehead atoms. The summed E-state index contributed by atoms with van der Waals surface area (Å²) in [7, 11) is 0. The summed E-state index contributed by atoms with van der Waals surface area (Å²) in [4.78, 5) is 11.9. The lowest BCUT2D eigenvalue weighted by molar-refractivity contribution is 0.0925. The molecule has 1 heterocycles. The molecule has 0 saturated carbocycles. The number of furan rings is 1. The van der Waals surface area contributed by atoms with Gasteiger partial charge in [-0.1, -0.05) is 22.9 Å². The number of alkyl halides is 1. The second kappa shape index (κ2) is 6.18. The molecule has 0 aliphatic heterocycles. The molecular weight excluding hydrogens is 281 g/mol. The number of rotatable bonds is 5. The minimum absolute atomic E-state index is 0.218. The van der Waals surface area contributed by atoms with Crippen LogP contribution in [0.1, 0.15) is 30.3 Å². The number of carbonyl (C=O) groups excluding carboxylic acids is 1. The largest absolute Gasteiger partial charge is 0.440 e. The third-order valence-corrected chi connectivity index (χ3v) is 2.52. The molecule has 0 aliphatic rings. The molecule has 1 unspecified atom stereocenters. The standard InChI is InChI=1S/C10H13BrClNO2/c1-7(11)3-2-6-13-10(14)8-4-5-9(12)15-8/h4-5,7H,2-3,6H2,1H3,(H,13,14). The van der Waals surface area contributed by atoms with E-state index in [1.54, 1.807) is 12.1 Å². The minimum atomic E-state index is -0.218. The quantitative estimate of drug-likeness (QED) is 0.669. The summed E-state index contributed by atoms with van der Waals surface area (Å²) in [5.74, 6) is 0.0380. The molecule has 1 aromatic rings. The van der Waals surface area contributed by atoms with E-state index < -0.39 is 0 Å². The van der Waals surface area contributed by atoms with Crippen LogP contribution in [0.2, 0.25) is 5.22 Å². The van der Waals surface area contributed by atoms with E-state index in [-0.39, 0.29) is 16.9 Å². The first kappa shape index (κ1) is 12.6. The SMILES string of the molecule is CC(Br)CCCNC(=O)c1ccc(Cl)o1. The maximum absolute atomic E-state index is 11.4. The van der Waals surface area contributed by atoms with Gasteiger partial charge in [-0.05, 0) is 36.6 Å². The fourth-order valence-electron chi connectivity index (χ4n) is 1.11. The van der Waals surface area contributed by atoms with Crippen LogP contribution in [0.15, 0.2) is 16.5 Å². The molecule has 0 aliphatic carbocycles. The predicted octanol–water partition coefficient (Wildman–Crippen LogP) is 3.23. The fourth-order valence-corrected chi connectivity index (χ4v) is 1.58. The zero-order valence-electron chi connectivity index (χ0n) is 8.43. The average Bonchev–Trinajstić information content (AvgIpc) is 2.59. The van der Waals surface area contributed by atoms with Crippen molar-refractivity contribution in [1.29, 1.82) is 0 Å². The molecule has 3 nitrogen and oxygen atoms in total. The van der Waals surface area contributed by atoms with E-state index in [1.807, 2.05) is 0 Å². The Hall–Kier alpha value is -0.480. The van der Waals surface area contributed by atoms with E-state index >= 15 is 0 Å². The molecule has 1 rings (SSSR count). The first-order chi connectivity index (χ1) is 7.09. The molecule has 0 fully saturated rings. The normalized spacial score (nSPS) is 12.5. The van der Waals surface area contributed by atoms with E-state index in [1.165, 1.54) is 0 Å². The van der Waals surface area contributed by atoms with Gasteiger partial charge < -0.3 is 9.73 Å². The number of amides is 1. The highest BCUT2D eigenvalue weighted by molar-refractivity contribution is 9.09. The number of hydrogen-bond acceptors (Lipinski definition) is 2. The van der Waals surface area contributed by atoms with Crippen molar-refractivity contribution in [2.75, 3.05) is 6.54 Å². The lowest BCUT2D eigenvalue weighted by atomic mass is 10.2. The van der Waals surface area contributed by atoms with Crippen molar-refractivity contribution in [1.82, 2.24) is 5.32 Å². The van der Waals surface area contributed by atoms with Crippen LogP contribution in [-0.4, -0.2) is 17.3 Å². The van der Waals surface area contributed by atoms with Gasteiger partial charge in [0.2, 0.25) is 0 Å². The van der Waals surface area contributed by atoms with Crippen molar-refractivity contribution in [3.05, 3.63) is 23.1 Å². The van der Waals surface area contributed by atoms with Gasteiger partial charge in [0, 0.05) is 11.4 Å². The Morgan fingerprint density at radius 2 is 2.40 bits per heavy atom. The number of halogens is 2. The van der Waals surface area contributed by atoms with Crippen molar-refractivity contribution >= 4 is 33.4 Å². The lowest BCUT2D eigenvalue weighted by Crippen LogP contribution is -2.24. The second-order valence-electron chi connectivity index (χ2n) is 3.28. The topological polar surface area (TPSA) is 42.2 Å². The monoisotopic (exact) mass is 293 g/mol. The summed E-state index contributed by atoms with van der Waals surface area (Å²) in [5.41, 5.74) is 0. The third kappa shape index (κ3) is 4.71. The van der Waals surface area contributed by atoms with Gasteiger partial charge in [-0.25, -0.2) is 0 Å². The van der Waals surface area contributed by atoms with Crippen molar-refractivity contribution in [3.63, 3.8) is 0 Å². The second-order valence-corrected chi connectivity index (χ2v) is 5.22. The maximum Gasteiger partial charge on any atom is 0.287 e. The van der Waals surface area contributed by atoms with Gasteiger partial charge in [0.15, 0.2) is 11.0 Å². The third-order valence-electron chi connectivity index (χ3n) is 1.86. The van der Waals surface area contributed by atoms with Crippen molar-refractivity contribution < 1.29 is 9.21 Å². The molecular formula is C10H13BrClNO2. The average molecular weight is 295 g/mol. The molecule has 1 aromatic heterocycles. The van der Waals surface area contributed by atoms with Gasteiger partial charge in [-0.2, -0.15) is 0 Å². The van der Waals surface area contributed by atoms with Gasteiger partial charge in [-0.3, -0.25) is 4.79 Å². The van der Waals surface area contributed by atoms with E-state index in [0.717, 1.165) is 12.8 Å². The number of carbonyl (C=O) groups is 1. The van der Waals surface area contributed by atoms with Crippen LogP contribution >= 0.6 is 27.5 Å². The van der Waals surface area contributed by atoms with Gasteiger partial charge in [0.1, 0.15) is 0 Å². The Morgan fingerprint density at radius 3 is 2.93 bits per heavy atom. The molecule has 0 saturated heterocycles.